The fraction of sp³-hybridized carbons (Fsp3) is 0.231. The third-order valence-corrected chi connectivity index (χ3v) is 5.69. The zero-order valence-electron chi connectivity index (χ0n) is 18.0. The Kier molecular flexibility index (Phi) is 5.50. The van der Waals surface area contributed by atoms with Gasteiger partial charge in [-0.05, 0) is 72.9 Å². The molecule has 0 atom stereocenters. The van der Waals surface area contributed by atoms with Gasteiger partial charge in [0.05, 0.1) is 5.52 Å². The number of carbonyl (C=O) groups is 1. The maximum Gasteiger partial charge on any atom is 0.251 e. The highest BCUT2D eigenvalue weighted by Gasteiger charge is 2.24. The number of rotatable bonds is 7. The normalized spacial score (nSPS) is 13.2. The largest absolute Gasteiger partial charge is 0.354 e. The SMILES string of the molecule is Cc1ccc(C(=O)NC2CC2)cc1-c1ccc2nc(NCCc3ccccn3)ncc2c1. The molecule has 1 fully saturated rings. The summed E-state index contributed by atoms with van der Waals surface area (Å²) in [7, 11) is 0. The first kappa shape index (κ1) is 20.1. The number of pyridine rings is 1. The van der Waals surface area contributed by atoms with E-state index in [4.69, 9.17) is 0 Å². The van der Waals surface area contributed by atoms with Crippen molar-refractivity contribution in [3.8, 4) is 11.1 Å². The Morgan fingerprint density at radius 2 is 1.97 bits per heavy atom. The third kappa shape index (κ3) is 4.59. The van der Waals surface area contributed by atoms with Crippen LogP contribution in [0.15, 0.2) is 67.0 Å². The Morgan fingerprint density at radius 3 is 2.78 bits per heavy atom. The van der Waals surface area contributed by atoms with Crippen molar-refractivity contribution in [3.05, 3.63) is 83.8 Å². The van der Waals surface area contributed by atoms with E-state index in [1.165, 1.54) is 0 Å². The second-order valence-electron chi connectivity index (χ2n) is 8.24. The summed E-state index contributed by atoms with van der Waals surface area (Å²) in [5, 5.41) is 7.30. The minimum atomic E-state index is -0.000656. The first-order valence-corrected chi connectivity index (χ1v) is 11.0. The molecular weight excluding hydrogens is 398 g/mol. The summed E-state index contributed by atoms with van der Waals surface area (Å²) in [6.45, 7) is 2.78. The van der Waals surface area contributed by atoms with Crippen LogP contribution in [0.5, 0.6) is 0 Å². The Labute approximate surface area is 187 Å². The minimum absolute atomic E-state index is 0.000656. The van der Waals surface area contributed by atoms with Gasteiger partial charge < -0.3 is 10.6 Å². The Hall–Kier alpha value is -3.80. The number of hydrogen-bond donors (Lipinski definition) is 2. The number of carbonyl (C=O) groups excluding carboxylic acids is 1. The van der Waals surface area contributed by atoms with Crippen LogP contribution in [0.4, 0.5) is 5.95 Å². The van der Waals surface area contributed by atoms with Crippen LogP contribution in [-0.2, 0) is 6.42 Å². The maximum atomic E-state index is 12.5. The van der Waals surface area contributed by atoms with Crippen molar-refractivity contribution in [1.29, 1.82) is 0 Å². The first-order chi connectivity index (χ1) is 15.7. The predicted molar refractivity (Wildman–Crippen MR) is 127 cm³/mol. The molecule has 6 nitrogen and oxygen atoms in total. The lowest BCUT2D eigenvalue weighted by atomic mass is 9.97. The topological polar surface area (TPSA) is 79.8 Å². The summed E-state index contributed by atoms with van der Waals surface area (Å²) in [6.07, 6.45) is 6.61. The number of aromatic nitrogens is 3. The molecule has 2 heterocycles. The number of anilines is 1. The van der Waals surface area contributed by atoms with Crippen molar-refractivity contribution in [2.45, 2.75) is 32.2 Å². The number of fused-ring (bicyclic) bond motifs is 1. The molecule has 0 saturated heterocycles. The second-order valence-corrected chi connectivity index (χ2v) is 8.24. The summed E-state index contributed by atoms with van der Waals surface area (Å²) < 4.78 is 0. The van der Waals surface area contributed by atoms with Gasteiger partial charge in [0, 0.05) is 48.0 Å². The second kappa shape index (κ2) is 8.75. The molecule has 32 heavy (non-hydrogen) atoms. The Bertz CT molecular complexity index is 1270. The van der Waals surface area contributed by atoms with Crippen LogP contribution in [0.1, 0.15) is 34.5 Å². The number of amides is 1. The highest BCUT2D eigenvalue weighted by molar-refractivity contribution is 5.96. The molecule has 0 bridgehead atoms. The van der Waals surface area contributed by atoms with Gasteiger partial charge in [0.15, 0.2) is 0 Å². The maximum absolute atomic E-state index is 12.5. The van der Waals surface area contributed by atoms with Crippen LogP contribution in [0.25, 0.3) is 22.0 Å². The monoisotopic (exact) mass is 423 g/mol. The molecule has 2 aromatic carbocycles. The lowest BCUT2D eigenvalue weighted by Crippen LogP contribution is -2.25. The molecule has 1 amide bonds. The summed E-state index contributed by atoms with van der Waals surface area (Å²) in [5.41, 5.74) is 5.84. The summed E-state index contributed by atoms with van der Waals surface area (Å²) in [5.74, 6) is 0.607. The Balaban J connectivity index is 1.33. The molecule has 0 spiro atoms. The van der Waals surface area contributed by atoms with Gasteiger partial charge in [-0.2, -0.15) is 0 Å². The van der Waals surface area contributed by atoms with Crippen LogP contribution < -0.4 is 10.6 Å². The predicted octanol–water partition coefficient (Wildman–Crippen LogP) is 4.55. The van der Waals surface area contributed by atoms with Gasteiger partial charge in [-0.1, -0.05) is 18.2 Å². The fourth-order valence-corrected chi connectivity index (χ4v) is 3.71. The van der Waals surface area contributed by atoms with E-state index < -0.39 is 0 Å². The summed E-state index contributed by atoms with van der Waals surface area (Å²) >= 11 is 0. The zero-order chi connectivity index (χ0) is 21.9. The molecule has 160 valence electrons. The van der Waals surface area contributed by atoms with Gasteiger partial charge in [-0.15, -0.1) is 0 Å². The molecule has 4 aromatic rings. The number of nitrogens with one attached hydrogen (secondary N) is 2. The highest BCUT2D eigenvalue weighted by Crippen LogP contribution is 2.28. The molecule has 1 aliphatic rings. The summed E-state index contributed by atoms with van der Waals surface area (Å²) in [4.78, 5) is 25.9. The van der Waals surface area contributed by atoms with Crippen molar-refractivity contribution < 1.29 is 4.79 Å². The van der Waals surface area contributed by atoms with Gasteiger partial charge in [0.1, 0.15) is 0 Å². The average molecular weight is 424 g/mol. The van der Waals surface area contributed by atoms with Crippen LogP contribution in [0, 0.1) is 6.92 Å². The quantitative estimate of drug-likeness (QED) is 0.456. The molecular formula is C26H25N5O. The summed E-state index contributed by atoms with van der Waals surface area (Å²) in [6, 6.07) is 18.3. The molecule has 1 aliphatic carbocycles. The van der Waals surface area contributed by atoms with Crippen molar-refractivity contribution in [2.75, 3.05) is 11.9 Å². The number of benzene rings is 2. The van der Waals surface area contributed by atoms with Gasteiger partial charge in [0.25, 0.3) is 5.91 Å². The fourth-order valence-electron chi connectivity index (χ4n) is 3.71. The van der Waals surface area contributed by atoms with Gasteiger partial charge in [-0.25, -0.2) is 9.97 Å². The molecule has 6 heteroatoms. The lowest BCUT2D eigenvalue weighted by molar-refractivity contribution is 0.0951. The van der Waals surface area contributed by atoms with E-state index in [0.29, 0.717) is 17.6 Å². The average Bonchev–Trinajstić information content (AvgIpc) is 3.64. The molecule has 5 rings (SSSR count). The van der Waals surface area contributed by atoms with Crippen molar-refractivity contribution >= 4 is 22.8 Å². The van der Waals surface area contributed by atoms with Gasteiger partial charge >= 0.3 is 0 Å². The molecule has 0 unspecified atom stereocenters. The van der Waals surface area contributed by atoms with Gasteiger partial charge in [-0.3, -0.25) is 9.78 Å². The molecule has 2 aromatic heterocycles. The highest BCUT2D eigenvalue weighted by atomic mass is 16.1. The lowest BCUT2D eigenvalue weighted by Gasteiger charge is -2.11. The number of hydrogen-bond acceptors (Lipinski definition) is 5. The molecule has 0 aliphatic heterocycles. The van der Waals surface area contributed by atoms with Crippen LogP contribution >= 0.6 is 0 Å². The van der Waals surface area contributed by atoms with Crippen LogP contribution in [-0.4, -0.2) is 33.4 Å². The smallest absolute Gasteiger partial charge is 0.251 e. The van der Waals surface area contributed by atoms with E-state index >= 15 is 0 Å². The van der Waals surface area contributed by atoms with E-state index in [0.717, 1.165) is 59.1 Å². The van der Waals surface area contributed by atoms with E-state index in [2.05, 4.69) is 44.6 Å². The molecule has 0 radical (unpaired) electrons. The standard InChI is InChI=1S/C26H25N5O/c1-17-5-6-19(25(32)30-22-8-9-22)15-23(17)18-7-10-24-20(14-18)16-29-26(31-24)28-13-11-21-4-2-3-12-27-21/h2-7,10,12,14-16,22H,8-9,11,13H2,1H3,(H,30,32)(H,28,29,31). The van der Waals surface area contributed by atoms with Gasteiger partial charge in [0.2, 0.25) is 5.95 Å². The molecule has 1 saturated carbocycles. The van der Waals surface area contributed by atoms with Crippen LogP contribution in [0.2, 0.25) is 0 Å². The van der Waals surface area contributed by atoms with E-state index in [1.807, 2.05) is 48.7 Å². The van der Waals surface area contributed by atoms with Crippen molar-refractivity contribution in [2.24, 2.45) is 0 Å². The molecule has 2 N–H and O–H groups in total. The Morgan fingerprint density at radius 1 is 1.06 bits per heavy atom. The third-order valence-electron chi connectivity index (χ3n) is 5.69. The van der Waals surface area contributed by atoms with Crippen LogP contribution in [0.3, 0.4) is 0 Å². The zero-order valence-corrected chi connectivity index (χ0v) is 18.0. The van der Waals surface area contributed by atoms with Crippen molar-refractivity contribution in [1.82, 2.24) is 20.3 Å². The van der Waals surface area contributed by atoms with Crippen molar-refractivity contribution in [3.63, 3.8) is 0 Å². The minimum Gasteiger partial charge on any atom is -0.354 e. The van der Waals surface area contributed by atoms with E-state index in [1.54, 1.807) is 6.20 Å². The number of nitrogens with zero attached hydrogens (tertiary/aromatic N) is 3. The van der Waals surface area contributed by atoms with E-state index in [-0.39, 0.29) is 5.91 Å². The first-order valence-electron chi connectivity index (χ1n) is 11.0. The van der Waals surface area contributed by atoms with E-state index in [9.17, 15) is 4.79 Å². The number of aryl methyl sites for hydroxylation is 1.